The number of para-hydroxylation sites is 1. The van der Waals surface area contributed by atoms with Crippen LogP contribution < -0.4 is 10.2 Å². The Morgan fingerprint density at radius 2 is 1.81 bits per heavy atom. The molecule has 2 rings (SSSR count). The molecule has 0 aliphatic carbocycles. The van der Waals surface area contributed by atoms with Gasteiger partial charge in [-0.25, -0.2) is 0 Å². The third-order valence-electron chi connectivity index (χ3n) is 2.95. The van der Waals surface area contributed by atoms with Crippen LogP contribution in [0.25, 0.3) is 0 Å². The monoisotopic (exact) mass is 285 g/mol. The number of nitrogens with one attached hydrogen (secondary N) is 1. The van der Waals surface area contributed by atoms with E-state index in [-0.39, 0.29) is 17.2 Å². The number of hydrogen-bond donors (Lipinski definition) is 1. The van der Waals surface area contributed by atoms with E-state index in [1.165, 1.54) is 6.07 Å². The average molecular weight is 285 g/mol. The Labute approximate surface area is 122 Å². The Balaban J connectivity index is 2.30. The summed E-state index contributed by atoms with van der Waals surface area (Å²) in [7, 11) is 3.43. The molecule has 1 N–H and O–H groups in total. The Hall–Kier alpha value is -2.89. The molecule has 0 aliphatic rings. The van der Waals surface area contributed by atoms with Crippen LogP contribution in [0.15, 0.2) is 48.5 Å². The van der Waals surface area contributed by atoms with E-state index in [4.69, 9.17) is 0 Å². The highest BCUT2D eigenvalue weighted by Crippen LogP contribution is 2.28. The molecule has 0 radical (unpaired) electrons. The molecule has 0 bridgehead atoms. The molecule has 6 nitrogen and oxygen atoms in total. The van der Waals surface area contributed by atoms with E-state index in [2.05, 4.69) is 5.32 Å². The van der Waals surface area contributed by atoms with Gasteiger partial charge >= 0.3 is 0 Å². The SMILES string of the molecule is CN(C)c1ccc(C(=O)Nc2ccccc2)cc1[N+](=O)[O-]. The number of benzene rings is 2. The summed E-state index contributed by atoms with van der Waals surface area (Å²) in [5, 5.41) is 13.8. The van der Waals surface area contributed by atoms with Gasteiger partial charge in [-0.1, -0.05) is 18.2 Å². The zero-order valence-corrected chi connectivity index (χ0v) is 11.7. The zero-order valence-electron chi connectivity index (χ0n) is 11.7. The molecule has 2 aromatic rings. The maximum absolute atomic E-state index is 12.1. The van der Waals surface area contributed by atoms with Crippen LogP contribution in [0.2, 0.25) is 0 Å². The fraction of sp³-hybridized carbons (Fsp3) is 0.133. The average Bonchev–Trinajstić information content (AvgIpc) is 2.47. The predicted molar refractivity (Wildman–Crippen MR) is 81.8 cm³/mol. The van der Waals surface area contributed by atoms with Crippen LogP contribution in [0.3, 0.4) is 0 Å². The summed E-state index contributed by atoms with van der Waals surface area (Å²) in [4.78, 5) is 24.4. The number of amides is 1. The van der Waals surface area contributed by atoms with E-state index in [1.807, 2.05) is 6.07 Å². The predicted octanol–water partition coefficient (Wildman–Crippen LogP) is 2.91. The van der Waals surface area contributed by atoms with Gasteiger partial charge in [0, 0.05) is 31.4 Å². The van der Waals surface area contributed by atoms with Crippen LogP contribution in [-0.4, -0.2) is 24.9 Å². The van der Waals surface area contributed by atoms with Gasteiger partial charge in [-0.3, -0.25) is 14.9 Å². The fourth-order valence-electron chi connectivity index (χ4n) is 1.91. The third-order valence-corrected chi connectivity index (χ3v) is 2.95. The molecule has 0 aromatic heterocycles. The molecule has 21 heavy (non-hydrogen) atoms. The van der Waals surface area contributed by atoms with E-state index in [9.17, 15) is 14.9 Å². The Morgan fingerprint density at radius 1 is 1.14 bits per heavy atom. The highest BCUT2D eigenvalue weighted by Gasteiger charge is 2.18. The molecule has 0 fully saturated rings. The van der Waals surface area contributed by atoms with Gasteiger partial charge in [0.05, 0.1) is 4.92 Å². The van der Waals surface area contributed by atoms with Gasteiger partial charge in [0.1, 0.15) is 5.69 Å². The van der Waals surface area contributed by atoms with Gasteiger partial charge in [0.2, 0.25) is 0 Å². The topological polar surface area (TPSA) is 75.5 Å². The van der Waals surface area contributed by atoms with Crippen molar-refractivity contribution < 1.29 is 9.72 Å². The molecule has 0 heterocycles. The third kappa shape index (κ3) is 3.36. The van der Waals surface area contributed by atoms with Crippen molar-refractivity contribution in [2.24, 2.45) is 0 Å². The summed E-state index contributed by atoms with van der Waals surface area (Å²) in [6.07, 6.45) is 0. The summed E-state index contributed by atoms with van der Waals surface area (Å²) in [5.41, 5.74) is 1.25. The Morgan fingerprint density at radius 3 is 2.38 bits per heavy atom. The zero-order chi connectivity index (χ0) is 15.4. The number of carbonyl (C=O) groups is 1. The second kappa shape index (κ2) is 6.04. The number of hydrogen-bond acceptors (Lipinski definition) is 4. The highest BCUT2D eigenvalue weighted by molar-refractivity contribution is 6.05. The lowest BCUT2D eigenvalue weighted by molar-refractivity contribution is -0.384. The summed E-state index contributed by atoms with van der Waals surface area (Å²) >= 11 is 0. The molecule has 0 unspecified atom stereocenters. The number of nitro benzene ring substituents is 1. The van der Waals surface area contributed by atoms with Gasteiger partial charge in [-0.2, -0.15) is 0 Å². The number of anilines is 2. The van der Waals surface area contributed by atoms with Crippen LogP contribution in [0.4, 0.5) is 17.1 Å². The first-order chi connectivity index (χ1) is 9.99. The van der Waals surface area contributed by atoms with Crippen LogP contribution in [-0.2, 0) is 0 Å². The molecule has 108 valence electrons. The molecule has 0 spiro atoms. The second-order valence-electron chi connectivity index (χ2n) is 4.68. The van der Waals surface area contributed by atoms with Crippen molar-refractivity contribution in [2.45, 2.75) is 0 Å². The van der Waals surface area contributed by atoms with Gasteiger partial charge in [0.25, 0.3) is 11.6 Å². The lowest BCUT2D eigenvalue weighted by Crippen LogP contribution is -2.14. The van der Waals surface area contributed by atoms with Gasteiger partial charge < -0.3 is 10.2 Å². The normalized spacial score (nSPS) is 10.0. The smallest absolute Gasteiger partial charge is 0.293 e. The number of carbonyl (C=O) groups excluding carboxylic acids is 1. The minimum Gasteiger partial charge on any atom is -0.372 e. The van der Waals surface area contributed by atoms with E-state index in [0.29, 0.717) is 11.4 Å². The van der Waals surface area contributed by atoms with Crippen LogP contribution in [0, 0.1) is 10.1 Å². The van der Waals surface area contributed by atoms with E-state index in [0.717, 1.165) is 0 Å². The summed E-state index contributed by atoms with van der Waals surface area (Å²) in [6, 6.07) is 13.4. The molecule has 0 aliphatic heterocycles. The second-order valence-corrected chi connectivity index (χ2v) is 4.68. The quantitative estimate of drug-likeness (QED) is 0.692. The van der Waals surface area contributed by atoms with Crippen molar-refractivity contribution in [3.63, 3.8) is 0 Å². The maximum atomic E-state index is 12.1. The summed E-state index contributed by atoms with van der Waals surface area (Å²) < 4.78 is 0. The molecular weight excluding hydrogens is 270 g/mol. The van der Waals surface area contributed by atoms with E-state index < -0.39 is 4.92 Å². The van der Waals surface area contributed by atoms with Crippen LogP contribution in [0.5, 0.6) is 0 Å². The fourth-order valence-corrected chi connectivity index (χ4v) is 1.91. The van der Waals surface area contributed by atoms with Gasteiger partial charge in [0.15, 0.2) is 0 Å². The first-order valence-electron chi connectivity index (χ1n) is 6.31. The van der Waals surface area contributed by atoms with E-state index >= 15 is 0 Å². The van der Waals surface area contributed by atoms with Crippen LogP contribution >= 0.6 is 0 Å². The number of rotatable bonds is 4. The lowest BCUT2D eigenvalue weighted by Gasteiger charge is -2.13. The first kappa shape index (κ1) is 14.5. The summed E-state index contributed by atoms with van der Waals surface area (Å²) in [6.45, 7) is 0. The van der Waals surface area contributed by atoms with Crippen molar-refractivity contribution in [2.75, 3.05) is 24.3 Å². The molecule has 1 amide bonds. The van der Waals surface area contributed by atoms with Crippen molar-refractivity contribution in [3.8, 4) is 0 Å². The van der Waals surface area contributed by atoms with Crippen molar-refractivity contribution in [1.29, 1.82) is 0 Å². The number of nitro groups is 1. The van der Waals surface area contributed by atoms with Crippen molar-refractivity contribution >= 4 is 23.0 Å². The van der Waals surface area contributed by atoms with E-state index in [1.54, 1.807) is 55.4 Å². The molecule has 0 atom stereocenters. The minimum atomic E-state index is -0.491. The van der Waals surface area contributed by atoms with Crippen LogP contribution in [0.1, 0.15) is 10.4 Å². The van der Waals surface area contributed by atoms with Crippen molar-refractivity contribution in [3.05, 3.63) is 64.2 Å². The first-order valence-corrected chi connectivity index (χ1v) is 6.31. The van der Waals surface area contributed by atoms with Crippen molar-refractivity contribution in [1.82, 2.24) is 0 Å². The molecule has 0 saturated carbocycles. The maximum Gasteiger partial charge on any atom is 0.293 e. The largest absolute Gasteiger partial charge is 0.372 e. The molecule has 2 aromatic carbocycles. The lowest BCUT2D eigenvalue weighted by atomic mass is 10.1. The highest BCUT2D eigenvalue weighted by atomic mass is 16.6. The number of nitrogens with zero attached hydrogens (tertiary/aromatic N) is 2. The molecule has 6 heteroatoms. The van der Waals surface area contributed by atoms with Gasteiger partial charge in [-0.05, 0) is 24.3 Å². The molecule has 0 saturated heterocycles. The Kier molecular flexibility index (Phi) is 4.18. The Bertz CT molecular complexity index is 669. The molecular formula is C15H15N3O3. The summed E-state index contributed by atoms with van der Waals surface area (Å²) in [5.74, 6) is -0.380. The standard InChI is InChI=1S/C15H15N3O3/c1-17(2)13-9-8-11(10-14(13)18(20)21)15(19)16-12-6-4-3-5-7-12/h3-10H,1-2H3,(H,16,19). The van der Waals surface area contributed by atoms with Gasteiger partial charge in [-0.15, -0.1) is 0 Å². The minimum absolute atomic E-state index is 0.0966.